The van der Waals surface area contributed by atoms with Crippen molar-refractivity contribution in [3.8, 4) is 5.69 Å². The first kappa shape index (κ1) is 19.8. The summed E-state index contributed by atoms with van der Waals surface area (Å²) in [5, 5.41) is 1.28. The third kappa shape index (κ3) is 4.30. The highest BCUT2D eigenvalue weighted by Gasteiger charge is 2.13. The molecule has 0 aliphatic heterocycles. The Balaban J connectivity index is 0.000000236. The van der Waals surface area contributed by atoms with Gasteiger partial charge in [-0.25, -0.2) is 15.0 Å². The van der Waals surface area contributed by atoms with Crippen molar-refractivity contribution in [2.24, 2.45) is 0 Å². The number of nitrogen functional groups attached to an aromatic ring is 1. The number of anilines is 1. The maximum atomic E-state index is 12.8. The quantitative estimate of drug-likeness (QED) is 0.494. The molecule has 142 valence electrons. The summed E-state index contributed by atoms with van der Waals surface area (Å²) < 4.78 is 1.63. The van der Waals surface area contributed by atoms with E-state index in [4.69, 9.17) is 28.9 Å². The lowest BCUT2D eigenvalue weighted by molar-refractivity contribution is 0.833. The van der Waals surface area contributed by atoms with Crippen LogP contribution in [0.15, 0.2) is 65.7 Å². The van der Waals surface area contributed by atoms with Gasteiger partial charge in [0.1, 0.15) is 23.1 Å². The van der Waals surface area contributed by atoms with E-state index in [1.165, 1.54) is 12.4 Å². The monoisotopic (exact) mass is 413 g/mol. The summed E-state index contributed by atoms with van der Waals surface area (Å²) in [7, 11) is 0. The van der Waals surface area contributed by atoms with Gasteiger partial charge in [-0.15, -0.1) is 0 Å². The van der Waals surface area contributed by atoms with Crippen molar-refractivity contribution in [3.63, 3.8) is 0 Å². The Morgan fingerprint density at radius 1 is 1.04 bits per heavy atom. The van der Waals surface area contributed by atoms with Crippen LogP contribution in [0.2, 0.25) is 10.2 Å². The van der Waals surface area contributed by atoms with Crippen LogP contribution < -0.4 is 11.3 Å². The zero-order valence-electron chi connectivity index (χ0n) is 15.0. The fraction of sp³-hybridized carbons (Fsp3) is 0.100. The van der Waals surface area contributed by atoms with E-state index in [-0.39, 0.29) is 5.56 Å². The molecule has 0 bridgehead atoms. The van der Waals surface area contributed by atoms with Crippen LogP contribution in [0.4, 0.5) is 5.82 Å². The average molecular weight is 414 g/mol. The van der Waals surface area contributed by atoms with Gasteiger partial charge >= 0.3 is 0 Å². The van der Waals surface area contributed by atoms with Crippen LogP contribution in [0.5, 0.6) is 0 Å². The Labute approximate surface area is 171 Å². The Morgan fingerprint density at radius 2 is 1.79 bits per heavy atom. The predicted molar refractivity (Wildman–Crippen MR) is 113 cm³/mol. The van der Waals surface area contributed by atoms with Gasteiger partial charge in [0.15, 0.2) is 0 Å². The van der Waals surface area contributed by atoms with Gasteiger partial charge < -0.3 is 5.73 Å². The van der Waals surface area contributed by atoms with Crippen molar-refractivity contribution in [2.75, 3.05) is 5.73 Å². The fourth-order valence-electron chi connectivity index (χ4n) is 2.66. The van der Waals surface area contributed by atoms with Gasteiger partial charge in [-0.05, 0) is 24.3 Å². The number of nitrogens with zero attached hydrogens (tertiary/aromatic N) is 4. The first-order valence-corrected chi connectivity index (χ1v) is 9.25. The lowest BCUT2D eigenvalue weighted by atomic mass is 10.2. The number of rotatable bonds is 2. The highest BCUT2D eigenvalue weighted by molar-refractivity contribution is 6.35. The molecular formula is C20H17Cl2N5O. The molecule has 2 aromatic heterocycles. The molecule has 2 N–H and O–H groups in total. The van der Waals surface area contributed by atoms with E-state index in [1.807, 2.05) is 49.4 Å². The van der Waals surface area contributed by atoms with Crippen molar-refractivity contribution < 1.29 is 0 Å². The molecule has 4 aromatic rings. The molecular weight excluding hydrogens is 397 g/mol. The van der Waals surface area contributed by atoms with Crippen LogP contribution in [0.25, 0.3) is 16.6 Å². The largest absolute Gasteiger partial charge is 0.384 e. The van der Waals surface area contributed by atoms with Gasteiger partial charge in [0.2, 0.25) is 0 Å². The minimum absolute atomic E-state index is 0.122. The summed E-state index contributed by atoms with van der Waals surface area (Å²) >= 11 is 11.6. The van der Waals surface area contributed by atoms with Crippen molar-refractivity contribution in [1.82, 2.24) is 19.5 Å². The standard InChI is InChI=1S/C16H13ClN2O.C4H4ClN3/c1-2-14-18-13-10-6-9-12(17)15(13)16(20)19(14)11-7-4-3-5-8-11;5-3-1-4(6)8-2-7-3/h3-10H,2H2,1H3;1-2H,(H2,6,7,8). The summed E-state index contributed by atoms with van der Waals surface area (Å²) in [6, 6.07) is 16.3. The van der Waals surface area contributed by atoms with E-state index in [0.29, 0.717) is 33.3 Å². The highest BCUT2D eigenvalue weighted by atomic mass is 35.5. The molecule has 0 spiro atoms. The Bertz CT molecular complexity index is 1150. The van der Waals surface area contributed by atoms with E-state index in [1.54, 1.807) is 10.6 Å². The van der Waals surface area contributed by atoms with Crippen molar-refractivity contribution >= 4 is 39.9 Å². The lowest BCUT2D eigenvalue weighted by Crippen LogP contribution is -2.23. The van der Waals surface area contributed by atoms with Gasteiger partial charge in [-0.3, -0.25) is 9.36 Å². The van der Waals surface area contributed by atoms with E-state index in [0.717, 1.165) is 11.5 Å². The smallest absolute Gasteiger partial charge is 0.267 e. The maximum absolute atomic E-state index is 12.8. The van der Waals surface area contributed by atoms with Crippen LogP contribution in [0.1, 0.15) is 12.7 Å². The molecule has 2 heterocycles. The molecule has 0 aliphatic rings. The van der Waals surface area contributed by atoms with Crippen LogP contribution in [0.3, 0.4) is 0 Å². The normalized spacial score (nSPS) is 10.4. The number of hydrogen-bond donors (Lipinski definition) is 1. The fourth-order valence-corrected chi connectivity index (χ4v) is 3.07. The molecule has 0 radical (unpaired) electrons. The lowest BCUT2D eigenvalue weighted by Gasteiger charge is -2.12. The molecule has 0 saturated heterocycles. The molecule has 28 heavy (non-hydrogen) atoms. The van der Waals surface area contributed by atoms with Gasteiger partial charge in [0, 0.05) is 12.5 Å². The Hall–Kier alpha value is -2.96. The number of nitrogens with two attached hydrogens (primary N) is 1. The average Bonchev–Trinajstić information content (AvgIpc) is 2.68. The molecule has 4 rings (SSSR count). The minimum Gasteiger partial charge on any atom is -0.384 e. The number of aryl methyl sites for hydroxylation is 1. The topological polar surface area (TPSA) is 86.7 Å². The Kier molecular flexibility index (Phi) is 6.23. The van der Waals surface area contributed by atoms with Crippen LogP contribution >= 0.6 is 23.2 Å². The molecule has 0 aliphatic carbocycles. The third-order valence-corrected chi connectivity index (χ3v) is 4.42. The summed E-state index contributed by atoms with van der Waals surface area (Å²) in [5.41, 5.74) is 6.56. The van der Waals surface area contributed by atoms with Gasteiger partial charge in [0.05, 0.1) is 21.6 Å². The van der Waals surface area contributed by atoms with Crippen LogP contribution in [-0.2, 0) is 6.42 Å². The second-order valence-corrected chi connectivity index (χ2v) is 6.55. The number of para-hydroxylation sites is 1. The minimum atomic E-state index is -0.122. The number of benzene rings is 2. The molecule has 0 unspecified atom stereocenters. The van der Waals surface area contributed by atoms with Crippen molar-refractivity contribution in [1.29, 1.82) is 0 Å². The number of halogens is 2. The Morgan fingerprint density at radius 3 is 2.39 bits per heavy atom. The maximum Gasteiger partial charge on any atom is 0.267 e. The van der Waals surface area contributed by atoms with E-state index in [9.17, 15) is 4.79 Å². The summed E-state index contributed by atoms with van der Waals surface area (Å²) in [6.07, 6.45) is 1.99. The SMILES string of the molecule is CCc1nc2cccc(Cl)c2c(=O)n1-c1ccccc1.Nc1cc(Cl)ncn1. The van der Waals surface area contributed by atoms with Crippen LogP contribution in [-0.4, -0.2) is 19.5 Å². The first-order chi connectivity index (χ1) is 13.5. The van der Waals surface area contributed by atoms with Crippen molar-refractivity contribution in [2.45, 2.75) is 13.3 Å². The number of fused-ring (bicyclic) bond motifs is 1. The molecule has 0 atom stereocenters. The molecule has 0 saturated carbocycles. The van der Waals surface area contributed by atoms with Crippen molar-refractivity contribution in [3.05, 3.63) is 87.3 Å². The second kappa shape index (κ2) is 8.82. The second-order valence-electron chi connectivity index (χ2n) is 5.76. The van der Waals surface area contributed by atoms with E-state index < -0.39 is 0 Å². The van der Waals surface area contributed by atoms with Gasteiger partial charge in [0.25, 0.3) is 5.56 Å². The third-order valence-electron chi connectivity index (χ3n) is 3.90. The van der Waals surface area contributed by atoms with E-state index in [2.05, 4.69) is 15.0 Å². The van der Waals surface area contributed by atoms with Gasteiger partial charge in [-0.1, -0.05) is 54.4 Å². The summed E-state index contributed by atoms with van der Waals surface area (Å²) in [6.45, 7) is 1.98. The number of hydrogen-bond acceptors (Lipinski definition) is 5. The van der Waals surface area contributed by atoms with Gasteiger partial charge in [-0.2, -0.15) is 0 Å². The zero-order valence-corrected chi connectivity index (χ0v) is 16.5. The molecule has 6 nitrogen and oxygen atoms in total. The number of aromatic nitrogens is 4. The summed E-state index contributed by atoms with van der Waals surface area (Å²) in [4.78, 5) is 24.6. The highest BCUT2D eigenvalue weighted by Crippen LogP contribution is 2.20. The molecule has 8 heteroatoms. The zero-order chi connectivity index (χ0) is 20.1. The molecule has 0 amide bonds. The summed E-state index contributed by atoms with van der Waals surface area (Å²) in [5.74, 6) is 1.13. The van der Waals surface area contributed by atoms with E-state index >= 15 is 0 Å². The van der Waals surface area contributed by atoms with Crippen LogP contribution in [0, 0.1) is 0 Å². The predicted octanol–water partition coefficient (Wildman–Crippen LogP) is 4.31. The molecule has 2 aromatic carbocycles. The first-order valence-electron chi connectivity index (χ1n) is 8.50. The molecule has 0 fully saturated rings.